The molecule has 1 rings (SSSR count). The number of halogens is 7. The van der Waals surface area contributed by atoms with Crippen LogP contribution in [-0.2, 0) is 6.18 Å². The van der Waals surface area contributed by atoms with Crippen molar-refractivity contribution in [1.29, 1.82) is 0 Å². The average Bonchev–Trinajstić information content (AvgIpc) is 2.00. The number of rotatable bonds is 1. The fourth-order valence-electron chi connectivity index (χ4n) is 0.842. The minimum absolute atomic E-state index is 0. The first-order chi connectivity index (χ1) is 6.62. The summed E-state index contributed by atoms with van der Waals surface area (Å²) in [5, 5.41) is 0. The van der Waals surface area contributed by atoms with Gasteiger partial charge in [-0.3, -0.25) is 0 Å². The van der Waals surface area contributed by atoms with Gasteiger partial charge in [-0.15, -0.1) is 0 Å². The van der Waals surface area contributed by atoms with Crippen LogP contribution >= 0.6 is 0 Å². The van der Waals surface area contributed by atoms with Crippen LogP contribution in [-0.4, -0.2) is 12.0 Å². The Morgan fingerprint density at radius 3 is 2.00 bits per heavy atom. The predicted molar refractivity (Wildman–Crippen MR) is 37.9 cm³/mol. The molecule has 0 atom stereocenters. The SMILES string of the molecule is Fc1ncc([B-](F)(F)F)cc1C(F)(F)F.[K+]. The second kappa shape index (κ2) is 5.34. The molecule has 0 unspecified atom stereocenters. The number of alkyl halides is 3. The molecule has 0 aliphatic heterocycles. The summed E-state index contributed by atoms with van der Waals surface area (Å²) >= 11 is 0. The number of hydrogen-bond acceptors (Lipinski definition) is 1. The monoisotopic (exact) mass is 271 g/mol. The predicted octanol–water partition coefficient (Wildman–Crippen LogP) is -0.702. The summed E-state index contributed by atoms with van der Waals surface area (Å²) in [6.45, 7) is -5.62. The van der Waals surface area contributed by atoms with E-state index in [4.69, 9.17) is 0 Å². The fraction of sp³-hybridized carbons (Fsp3) is 0.167. The van der Waals surface area contributed by atoms with Gasteiger partial charge in [-0.2, -0.15) is 17.6 Å². The topological polar surface area (TPSA) is 12.9 Å². The van der Waals surface area contributed by atoms with E-state index >= 15 is 0 Å². The molecule has 0 aliphatic rings. The zero-order chi connectivity index (χ0) is 11.9. The van der Waals surface area contributed by atoms with Crippen molar-refractivity contribution < 1.29 is 81.9 Å². The van der Waals surface area contributed by atoms with Crippen molar-refractivity contribution in [3.8, 4) is 0 Å². The molecule has 0 radical (unpaired) electrons. The van der Waals surface area contributed by atoms with E-state index in [0.29, 0.717) is 0 Å². The van der Waals surface area contributed by atoms with Gasteiger partial charge in [0.25, 0.3) is 0 Å². The van der Waals surface area contributed by atoms with Crippen molar-refractivity contribution in [2.45, 2.75) is 6.18 Å². The molecule has 1 heterocycles. The van der Waals surface area contributed by atoms with E-state index < -0.39 is 30.1 Å². The smallest absolute Gasteiger partial charge is 0.445 e. The Morgan fingerprint density at radius 2 is 1.62 bits per heavy atom. The molecule has 1 nitrogen and oxygen atoms in total. The van der Waals surface area contributed by atoms with Crippen LogP contribution in [0.5, 0.6) is 0 Å². The number of aromatic nitrogens is 1. The van der Waals surface area contributed by atoms with Crippen molar-refractivity contribution in [3.05, 3.63) is 23.8 Å². The minimum Gasteiger partial charge on any atom is -0.445 e. The molecule has 0 aliphatic carbocycles. The van der Waals surface area contributed by atoms with Gasteiger partial charge >= 0.3 is 64.5 Å². The van der Waals surface area contributed by atoms with Gasteiger partial charge in [0.05, 0.1) is 0 Å². The molecule has 1 aromatic heterocycles. The van der Waals surface area contributed by atoms with Crippen LogP contribution in [0.25, 0.3) is 0 Å². The first-order valence-electron chi connectivity index (χ1n) is 3.55. The Labute approximate surface area is 128 Å². The number of hydrogen-bond donors (Lipinski definition) is 0. The van der Waals surface area contributed by atoms with E-state index in [0.717, 1.165) is 0 Å². The third-order valence-electron chi connectivity index (χ3n) is 1.54. The van der Waals surface area contributed by atoms with Crippen LogP contribution in [0.15, 0.2) is 12.3 Å². The van der Waals surface area contributed by atoms with Gasteiger partial charge < -0.3 is 12.9 Å². The minimum atomic E-state index is -5.62. The van der Waals surface area contributed by atoms with Crippen LogP contribution in [0.1, 0.15) is 5.56 Å². The van der Waals surface area contributed by atoms with Crippen molar-refractivity contribution in [1.82, 2.24) is 4.98 Å². The van der Waals surface area contributed by atoms with Crippen molar-refractivity contribution >= 4 is 12.4 Å². The van der Waals surface area contributed by atoms with E-state index in [1.807, 2.05) is 0 Å². The Morgan fingerprint density at radius 1 is 1.12 bits per heavy atom. The molecule has 84 valence electrons. The summed E-state index contributed by atoms with van der Waals surface area (Å²) < 4.78 is 84.5. The maximum Gasteiger partial charge on any atom is 1.00 e. The molecule has 0 aromatic carbocycles. The molecule has 0 bridgehead atoms. The van der Waals surface area contributed by atoms with Crippen molar-refractivity contribution in [3.63, 3.8) is 0 Å². The maximum absolute atomic E-state index is 12.5. The molecule has 0 amide bonds. The Balaban J connectivity index is 0.00000225. The van der Waals surface area contributed by atoms with Gasteiger partial charge in [-0.1, -0.05) is 11.5 Å². The summed E-state index contributed by atoms with van der Waals surface area (Å²) in [7, 11) is 0. The van der Waals surface area contributed by atoms with E-state index in [2.05, 4.69) is 4.98 Å². The van der Waals surface area contributed by atoms with E-state index in [1.54, 1.807) is 0 Å². The molecule has 10 heteroatoms. The van der Waals surface area contributed by atoms with E-state index in [9.17, 15) is 30.5 Å². The third-order valence-corrected chi connectivity index (χ3v) is 1.54. The standard InChI is InChI=1S/C6H2BF7N.K/c8-5-4(6(9,10)11)1-3(2-15-5)7(12,13)14;/h1-2H;/q-1;+1. The number of nitrogens with zero attached hydrogens (tertiary/aromatic N) is 1. The summed E-state index contributed by atoms with van der Waals surface area (Å²) in [5.74, 6) is -1.97. The molecular weight excluding hydrogens is 269 g/mol. The molecular formula is C6H2BF7KN. The van der Waals surface area contributed by atoms with Crippen molar-refractivity contribution in [2.75, 3.05) is 0 Å². The molecule has 16 heavy (non-hydrogen) atoms. The molecule has 0 saturated carbocycles. The normalized spacial score (nSPS) is 12.2. The number of pyridine rings is 1. The zero-order valence-corrected chi connectivity index (χ0v) is 10.9. The Kier molecular flexibility index (Phi) is 5.46. The maximum atomic E-state index is 12.5. The molecule has 0 saturated heterocycles. The second-order valence-electron chi connectivity index (χ2n) is 2.68. The Bertz CT molecular complexity index is 374. The van der Waals surface area contributed by atoms with Gasteiger partial charge in [0.15, 0.2) is 0 Å². The first-order valence-corrected chi connectivity index (χ1v) is 3.55. The molecule has 0 N–H and O–H groups in total. The van der Waals surface area contributed by atoms with Crippen LogP contribution < -0.4 is 56.8 Å². The summed E-state index contributed by atoms with van der Waals surface area (Å²) in [6, 6.07) is -0.289. The second-order valence-corrected chi connectivity index (χ2v) is 2.68. The third kappa shape index (κ3) is 3.99. The van der Waals surface area contributed by atoms with Crippen LogP contribution in [0.4, 0.5) is 30.5 Å². The van der Waals surface area contributed by atoms with Crippen LogP contribution in [0.3, 0.4) is 0 Å². The van der Waals surface area contributed by atoms with Crippen molar-refractivity contribution in [2.24, 2.45) is 0 Å². The van der Waals surface area contributed by atoms with Gasteiger partial charge in [-0.05, 0) is 0 Å². The van der Waals surface area contributed by atoms with Crippen LogP contribution in [0, 0.1) is 5.95 Å². The summed E-state index contributed by atoms with van der Waals surface area (Å²) in [6.07, 6.45) is -5.15. The quantitative estimate of drug-likeness (QED) is 0.374. The summed E-state index contributed by atoms with van der Waals surface area (Å²) in [4.78, 5) is 2.42. The van der Waals surface area contributed by atoms with Gasteiger partial charge in [0.1, 0.15) is 5.56 Å². The first kappa shape index (κ1) is 16.4. The van der Waals surface area contributed by atoms with E-state index in [1.165, 1.54) is 0 Å². The molecule has 0 fully saturated rings. The summed E-state index contributed by atoms with van der Waals surface area (Å²) in [5.41, 5.74) is -3.59. The van der Waals surface area contributed by atoms with Gasteiger partial charge in [0, 0.05) is 6.20 Å². The van der Waals surface area contributed by atoms with Gasteiger partial charge in [0.2, 0.25) is 5.95 Å². The average molecular weight is 271 g/mol. The van der Waals surface area contributed by atoms with E-state index in [-0.39, 0.29) is 63.6 Å². The fourth-order valence-corrected chi connectivity index (χ4v) is 0.842. The molecule has 0 spiro atoms. The van der Waals surface area contributed by atoms with Crippen LogP contribution in [0.2, 0.25) is 0 Å². The van der Waals surface area contributed by atoms with Gasteiger partial charge in [-0.25, -0.2) is 4.98 Å². The zero-order valence-electron chi connectivity index (χ0n) is 7.83. The molecule has 1 aromatic rings. The largest absolute Gasteiger partial charge is 1.00 e. The Hall–Kier alpha value is 0.361.